The number of aliphatic hydroxyl groups excluding tert-OH is 1. The summed E-state index contributed by atoms with van der Waals surface area (Å²) in [6.45, 7) is 9.72. The molecule has 2 aliphatic rings. The van der Waals surface area contributed by atoms with Crippen LogP contribution in [0.5, 0.6) is 11.5 Å². The fourth-order valence-corrected chi connectivity index (χ4v) is 4.62. The van der Waals surface area contributed by atoms with Gasteiger partial charge in [-0.25, -0.2) is 0 Å². The van der Waals surface area contributed by atoms with Crippen LogP contribution in [0.4, 0.5) is 0 Å². The zero-order valence-corrected chi connectivity index (χ0v) is 16.4. The van der Waals surface area contributed by atoms with Gasteiger partial charge in [0, 0.05) is 24.5 Å². The molecule has 6 nitrogen and oxygen atoms in total. The van der Waals surface area contributed by atoms with Gasteiger partial charge in [0.25, 0.3) is 0 Å². The highest BCUT2D eigenvalue weighted by Crippen LogP contribution is 2.23. The minimum Gasteiger partial charge on any atom is -0.497 e. The molecule has 3 rings (SSSR count). The fraction of sp³-hybridized carbons (Fsp3) is 0.700. The summed E-state index contributed by atoms with van der Waals surface area (Å²) >= 11 is 0. The second-order valence-corrected chi connectivity index (χ2v) is 7.76. The molecule has 146 valence electrons. The quantitative estimate of drug-likeness (QED) is 0.417. The van der Waals surface area contributed by atoms with Crippen molar-refractivity contribution >= 4 is 0 Å². The number of hydrogen-bond acceptors (Lipinski definition) is 3. The largest absolute Gasteiger partial charge is 0.497 e. The molecular formula is C20H36N3O3+3. The Kier molecular flexibility index (Phi) is 7.14. The van der Waals surface area contributed by atoms with Gasteiger partial charge < -0.3 is 29.3 Å². The molecule has 2 fully saturated rings. The minimum atomic E-state index is 0.321. The third kappa shape index (κ3) is 4.88. The number of quaternary nitrogens is 3. The van der Waals surface area contributed by atoms with E-state index in [1.54, 1.807) is 28.9 Å². The third-order valence-electron chi connectivity index (χ3n) is 6.27. The van der Waals surface area contributed by atoms with Crippen LogP contribution in [0.25, 0.3) is 0 Å². The van der Waals surface area contributed by atoms with Crippen LogP contribution in [-0.2, 0) is 6.54 Å². The van der Waals surface area contributed by atoms with Gasteiger partial charge in [-0.15, -0.1) is 0 Å². The highest BCUT2D eigenvalue weighted by Gasteiger charge is 2.33. The van der Waals surface area contributed by atoms with Crippen molar-refractivity contribution in [2.75, 3.05) is 66.6 Å². The fourth-order valence-electron chi connectivity index (χ4n) is 4.62. The standard InChI is InChI=1S/C20H33N3O3/c1-25-19-4-3-17(20(15-19)26-2)16-22-7-5-18(6-8-22)23-11-9-21(10-12-23)13-14-24/h3-4,15,18,24H,5-14,16H2,1-2H3/p+3. The van der Waals surface area contributed by atoms with E-state index >= 15 is 0 Å². The lowest BCUT2D eigenvalue weighted by Gasteiger charge is -2.37. The van der Waals surface area contributed by atoms with Crippen LogP contribution in [0, 0.1) is 0 Å². The van der Waals surface area contributed by atoms with Crippen molar-refractivity contribution in [3.8, 4) is 11.5 Å². The van der Waals surface area contributed by atoms with Gasteiger partial charge in [-0.3, -0.25) is 0 Å². The molecule has 0 saturated carbocycles. The van der Waals surface area contributed by atoms with Crippen LogP contribution < -0.4 is 24.2 Å². The summed E-state index contributed by atoms with van der Waals surface area (Å²) in [7, 11) is 3.43. The summed E-state index contributed by atoms with van der Waals surface area (Å²) in [6, 6.07) is 6.99. The van der Waals surface area contributed by atoms with Crippen molar-refractivity contribution in [3.05, 3.63) is 23.8 Å². The molecule has 2 saturated heterocycles. The first-order chi connectivity index (χ1) is 12.7. The number of piperidine rings is 1. The summed E-state index contributed by atoms with van der Waals surface area (Å²) in [5, 5.41) is 9.10. The van der Waals surface area contributed by atoms with Gasteiger partial charge in [-0.2, -0.15) is 0 Å². The second kappa shape index (κ2) is 9.55. The molecule has 2 aliphatic heterocycles. The van der Waals surface area contributed by atoms with E-state index in [1.165, 1.54) is 57.7 Å². The first-order valence-corrected chi connectivity index (χ1v) is 10.1. The van der Waals surface area contributed by atoms with Crippen LogP contribution in [0.3, 0.4) is 0 Å². The summed E-state index contributed by atoms with van der Waals surface area (Å²) in [5.41, 5.74) is 1.27. The topological polar surface area (TPSA) is 52.0 Å². The van der Waals surface area contributed by atoms with Gasteiger partial charge in [0.15, 0.2) is 0 Å². The van der Waals surface area contributed by atoms with E-state index in [0.717, 1.165) is 30.6 Å². The SMILES string of the molecule is COc1ccc(C[NH+]2CCC([NH+]3CC[NH+](CCO)CC3)CC2)c(OC)c1. The second-order valence-electron chi connectivity index (χ2n) is 7.76. The Balaban J connectivity index is 1.47. The summed E-state index contributed by atoms with van der Waals surface area (Å²) < 4.78 is 10.9. The average molecular weight is 367 g/mol. The zero-order chi connectivity index (χ0) is 18.4. The van der Waals surface area contributed by atoms with Crippen molar-refractivity contribution in [2.45, 2.75) is 25.4 Å². The van der Waals surface area contributed by atoms with E-state index in [1.807, 2.05) is 12.1 Å². The number of benzene rings is 1. The summed E-state index contributed by atoms with van der Waals surface area (Å²) in [5.74, 6) is 1.79. The maximum absolute atomic E-state index is 9.10. The minimum absolute atomic E-state index is 0.321. The molecule has 26 heavy (non-hydrogen) atoms. The Morgan fingerprint density at radius 1 is 0.962 bits per heavy atom. The Morgan fingerprint density at radius 2 is 1.69 bits per heavy atom. The number of rotatable bonds is 7. The maximum Gasteiger partial charge on any atom is 0.131 e. The molecule has 0 bridgehead atoms. The van der Waals surface area contributed by atoms with Crippen LogP contribution in [0.1, 0.15) is 18.4 Å². The van der Waals surface area contributed by atoms with Crippen molar-refractivity contribution in [1.82, 2.24) is 0 Å². The van der Waals surface area contributed by atoms with Crippen LogP contribution in [0.15, 0.2) is 18.2 Å². The zero-order valence-electron chi connectivity index (χ0n) is 16.4. The smallest absolute Gasteiger partial charge is 0.131 e. The van der Waals surface area contributed by atoms with Gasteiger partial charge in [0.2, 0.25) is 0 Å². The van der Waals surface area contributed by atoms with Crippen molar-refractivity contribution in [3.63, 3.8) is 0 Å². The van der Waals surface area contributed by atoms with E-state index in [0.29, 0.717) is 6.61 Å². The molecule has 0 aromatic heterocycles. The van der Waals surface area contributed by atoms with Gasteiger partial charge in [-0.1, -0.05) is 0 Å². The Labute approximate surface area is 157 Å². The van der Waals surface area contributed by atoms with E-state index in [9.17, 15) is 0 Å². The Bertz CT molecular complexity index is 553. The summed E-state index contributed by atoms with van der Waals surface area (Å²) in [4.78, 5) is 5.03. The Hall–Kier alpha value is -1.34. The first kappa shape index (κ1) is 19.4. The van der Waals surface area contributed by atoms with Gasteiger partial charge in [0.05, 0.1) is 40.0 Å². The maximum atomic E-state index is 9.10. The number of hydrogen-bond donors (Lipinski definition) is 4. The van der Waals surface area contributed by atoms with E-state index in [-0.39, 0.29) is 0 Å². The van der Waals surface area contributed by atoms with E-state index in [4.69, 9.17) is 14.6 Å². The van der Waals surface area contributed by atoms with Gasteiger partial charge >= 0.3 is 0 Å². The normalized spacial score (nSPS) is 29.3. The van der Waals surface area contributed by atoms with Crippen molar-refractivity contribution < 1.29 is 29.3 Å². The van der Waals surface area contributed by atoms with Crippen molar-refractivity contribution in [2.24, 2.45) is 0 Å². The van der Waals surface area contributed by atoms with E-state index < -0.39 is 0 Å². The monoisotopic (exact) mass is 366 g/mol. The van der Waals surface area contributed by atoms with E-state index in [2.05, 4.69) is 6.07 Å². The van der Waals surface area contributed by atoms with Crippen LogP contribution >= 0.6 is 0 Å². The molecule has 2 heterocycles. The third-order valence-corrected chi connectivity index (χ3v) is 6.27. The van der Waals surface area contributed by atoms with Crippen LogP contribution in [-0.4, -0.2) is 77.8 Å². The number of ether oxygens (including phenoxy) is 2. The molecule has 0 spiro atoms. The first-order valence-electron chi connectivity index (χ1n) is 10.1. The number of piperazine rings is 1. The predicted octanol–water partition coefficient (Wildman–Crippen LogP) is -2.97. The molecule has 1 aromatic rings. The predicted molar refractivity (Wildman–Crippen MR) is 100 cm³/mol. The molecule has 0 unspecified atom stereocenters. The molecule has 0 amide bonds. The average Bonchev–Trinajstić information content (AvgIpc) is 2.70. The van der Waals surface area contributed by atoms with Gasteiger partial charge in [0.1, 0.15) is 50.8 Å². The molecule has 4 N–H and O–H groups in total. The van der Waals surface area contributed by atoms with Crippen LogP contribution in [0.2, 0.25) is 0 Å². The Morgan fingerprint density at radius 3 is 2.31 bits per heavy atom. The number of likely N-dealkylation sites (tertiary alicyclic amines) is 1. The lowest BCUT2D eigenvalue weighted by atomic mass is 10.0. The molecule has 0 atom stereocenters. The lowest BCUT2D eigenvalue weighted by molar-refractivity contribution is -1.03. The molecule has 1 aromatic carbocycles. The molecule has 6 heteroatoms. The van der Waals surface area contributed by atoms with Gasteiger partial charge in [-0.05, 0) is 12.1 Å². The number of aliphatic hydroxyl groups is 1. The molecule has 0 aliphatic carbocycles. The number of nitrogens with one attached hydrogen (secondary N) is 3. The molecule has 0 radical (unpaired) electrons. The summed E-state index contributed by atoms with van der Waals surface area (Å²) in [6.07, 6.45) is 2.64. The highest BCUT2D eigenvalue weighted by atomic mass is 16.5. The molecular weight excluding hydrogens is 330 g/mol. The highest BCUT2D eigenvalue weighted by molar-refractivity contribution is 5.40. The number of methoxy groups -OCH3 is 2. The lowest BCUT2D eigenvalue weighted by Crippen LogP contribution is -3.30. The van der Waals surface area contributed by atoms with Crippen molar-refractivity contribution in [1.29, 1.82) is 0 Å².